The van der Waals surface area contributed by atoms with Crippen molar-refractivity contribution in [1.29, 1.82) is 0 Å². The third-order valence-electron chi connectivity index (χ3n) is 2.86. The molecule has 0 bridgehead atoms. The molecule has 5 N–H and O–H groups in total. The van der Waals surface area contributed by atoms with Crippen molar-refractivity contribution in [3.8, 4) is 11.5 Å². The van der Waals surface area contributed by atoms with Gasteiger partial charge in [-0.15, -0.1) is 5.10 Å². The van der Waals surface area contributed by atoms with Crippen molar-refractivity contribution < 1.29 is 10.2 Å². The van der Waals surface area contributed by atoms with Gasteiger partial charge in [-0.1, -0.05) is 31.9 Å². The number of nitrogens with two attached hydrogens (primary N) is 1. The lowest BCUT2D eigenvalue weighted by molar-refractivity contribution is 0.470. The first-order valence-corrected chi connectivity index (χ1v) is 9.96. The second kappa shape index (κ2) is 9.49. The molecule has 0 aliphatic heterocycles. The number of phenols is 2. The fourth-order valence-corrected chi connectivity index (χ4v) is 4.23. The second-order valence-electron chi connectivity index (χ2n) is 4.75. The summed E-state index contributed by atoms with van der Waals surface area (Å²) in [6.07, 6.45) is 2.73. The molecule has 2 aromatic rings. The lowest BCUT2D eigenvalue weighted by Crippen LogP contribution is -2.26. The van der Waals surface area contributed by atoms with Gasteiger partial charge in [-0.05, 0) is 56.1 Å². The number of nitrogens with one attached hydrogen (secondary N) is 1. The summed E-state index contributed by atoms with van der Waals surface area (Å²) >= 11 is 13.1. The van der Waals surface area contributed by atoms with E-state index in [0.29, 0.717) is 20.1 Å². The lowest BCUT2D eigenvalue weighted by Gasteiger charge is -2.03. The number of benzene rings is 2. The molecule has 2 aromatic carbocycles. The second-order valence-corrected chi connectivity index (χ2v) is 8.29. The highest BCUT2D eigenvalue weighted by molar-refractivity contribution is 9.11. The van der Waals surface area contributed by atoms with Crippen LogP contribution in [-0.2, 0) is 0 Å². The van der Waals surface area contributed by atoms with Gasteiger partial charge >= 0.3 is 0 Å². The predicted molar refractivity (Wildman–Crippen MR) is 117 cm³/mol. The van der Waals surface area contributed by atoms with Crippen LogP contribution in [0.1, 0.15) is 11.1 Å². The molecule has 26 heavy (non-hydrogen) atoms. The number of hydrogen-bond donors (Lipinski definition) is 4. The largest absolute Gasteiger partial charge is 0.506 e. The number of halogens is 4. The number of nitrogens with zero attached hydrogens (tertiary/aromatic N) is 3. The molecular formula is C15H11Br4N5O2. The summed E-state index contributed by atoms with van der Waals surface area (Å²) in [5.41, 5.74) is 9.05. The predicted octanol–water partition coefficient (Wildman–Crippen LogP) is 4.42. The van der Waals surface area contributed by atoms with Crippen LogP contribution < -0.4 is 11.2 Å². The number of phenolic OH excluding ortho intramolecular Hbond substituents is 2. The summed E-state index contributed by atoms with van der Waals surface area (Å²) in [5.74, 6) is 0.00926. The number of hydrogen-bond acceptors (Lipinski definition) is 5. The van der Waals surface area contributed by atoms with E-state index in [4.69, 9.17) is 5.73 Å². The molecule has 0 heterocycles. The minimum absolute atomic E-state index is 0.0346. The van der Waals surface area contributed by atoms with E-state index < -0.39 is 0 Å². The number of aromatic hydroxyl groups is 2. The molecule has 0 aliphatic rings. The Kier molecular flexibility index (Phi) is 7.62. The van der Waals surface area contributed by atoms with Crippen molar-refractivity contribution in [3.63, 3.8) is 0 Å². The van der Waals surface area contributed by atoms with Crippen LogP contribution in [0.15, 0.2) is 57.5 Å². The van der Waals surface area contributed by atoms with Crippen LogP contribution >= 0.6 is 63.7 Å². The molecule has 0 fully saturated rings. The van der Waals surface area contributed by atoms with Crippen LogP contribution in [0.25, 0.3) is 0 Å². The Morgan fingerprint density at radius 2 is 1.38 bits per heavy atom. The summed E-state index contributed by atoms with van der Waals surface area (Å²) in [4.78, 5) is 0. The summed E-state index contributed by atoms with van der Waals surface area (Å²) in [6, 6.07) is 6.77. The maximum Gasteiger partial charge on any atom is 0.234 e. The summed E-state index contributed by atoms with van der Waals surface area (Å²) in [7, 11) is 0. The van der Waals surface area contributed by atoms with Crippen LogP contribution in [0.2, 0.25) is 0 Å². The fourth-order valence-electron chi connectivity index (χ4n) is 1.71. The maximum absolute atomic E-state index is 9.92. The Morgan fingerprint density at radius 1 is 0.885 bits per heavy atom. The highest BCUT2D eigenvalue weighted by Crippen LogP contribution is 2.31. The first-order valence-electron chi connectivity index (χ1n) is 6.79. The zero-order valence-corrected chi connectivity index (χ0v) is 19.1. The highest BCUT2D eigenvalue weighted by atomic mass is 79.9. The average Bonchev–Trinajstić information content (AvgIpc) is 2.56. The number of guanidine groups is 1. The van der Waals surface area contributed by atoms with Crippen molar-refractivity contribution in [3.05, 3.63) is 53.3 Å². The van der Waals surface area contributed by atoms with Crippen molar-refractivity contribution >= 4 is 82.1 Å². The standard InChI is InChI=1S/C15H11Br4N5O2/c16-9-1-7(13(25)11(18)3-9)5-21-23-15(20)24-22-6-8-2-10(17)4-12(19)14(8)26/h1-6,25-26H,(H3,20,23,24)/b21-5-,22-6+. The van der Waals surface area contributed by atoms with Gasteiger partial charge in [0.2, 0.25) is 5.96 Å². The van der Waals surface area contributed by atoms with E-state index in [1.165, 1.54) is 12.4 Å². The minimum atomic E-state index is -0.0698. The Balaban J connectivity index is 2.05. The van der Waals surface area contributed by atoms with Gasteiger partial charge in [-0.3, -0.25) is 0 Å². The van der Waals surface area contributed by atoms with Crippen LogP contribution in [0.5, 0.6) is 11.5 Å². The first kappa shape index (κ1) is 20.9. The van der Waals surface area contributed by atoms with Gasteiger partial charge in [0.25, 0.3) is 0 Å². The smallest absolute Gasteiger partial charge is 0.234 e. The number of hydrazone groups is 1. The molecule has 0 amide bonds. The summed E-state index contributed by atoms with van der Waals surface area (Å²) in [5, 5.41) is 31.2. The third kappa shape index (κ3) is 5.79. The SMILES string of the molecule is NC(=N/N=C\c1cc(Br)cc(Br)c1O)N/N=C/c1cc(Br)cc(Br)c1O. The molecule has 0 saturated carbocycles. The van der Waals surface area contributed by atoms with Crippen molar-refractivity contribution in [2.45, 2.75) is 0 Å². The molecule has 11 heteroatoms. The summed E-state index contributed by atoms with van der Waals surface area (Å²) in [6.45, 7) is 0. The van der Waals surface area contributed by atoms with E-state index in [9.17, 15) is 10.2 Å². The average molecular weight is 613 g/mol. The van der Waals surface area contributed by atoms with Gasteiger partial charge in [0, 0.05) is 20.1 Å². The quantitative estimate of drug-likeness (QED) is 0.232. The Labute approximate surface area is 182 Å². The monoisotopic (exact) mass is 609 g/mol. The normalized spacial score (nSPS) is 12.2. The van der Waals surface area contributed by atoms with E-state index in [1.807, 2.05) is 0 Å². The van der Waals surface area contributed by atoms with E-state index in [-0.39, 0.29) is 17.5 Å². The minimum Gasteiger partial charge on any atom is -0.506 e. The van der Waals surface area contributed by atoms with Crippen LogP contribution in [0, 0.1) is 0 Å². The lowest BCUT2D eigenvalue weighted by atomic mass is 10.2. The van der Waals surface area contributed by atoms with Crippen molar-refractivity contribution in [2.24, 2.45) is 21.0 Å². The van der Waals surface area contributed by atoms with Crippen molar-refractivity contribution in [2.75, 3.05) is 0 Å². The Morgan fingerprint density at radius 3 is 1.92 bits per heavy atom. The molecule has 0 aliphatic carbocycles. The van der Waals surface area contributed by atoms with E-state index in [2.05, 4.69) is 84.4 Å². The molecule has 0 spiro atoms. The molecule has 0 atom stereocenters. The van der Waals surface area contributed by atoms with Gasteiger partial charge in [-0.25, -0.2) is 5.43 Å². The van der Waals surface area contributed by atoms with Crippen LogP contribution in [0.4, 0.5) is 0 Å². The molecule has 0 saturated heterocycles. The molecular weight excluding hydrogens is 602 g/mol. The molecule has 2 rings (SSSR count). The van der Waals surface area contributed by atoms with Crippen molar-refractivity contribution in [1.82, 2.24) is 5.43 Å². The van der Waals surface area contributed by atoms with Gasteiger partial charge in [0.1, 0.15) is 11.5 Å². The Hall–Kier alpha value is -1.43. The topological polar surface area (TPSA) is 116 Å². The van der Waals surface area contributed by atoms with Gasteiger partial charge in [0.05, 0.1) is 21.4 Å². The highest BCUT2D eigenvalue weighted by Gasteiger charge is 2.06. The fraction of sp³-hybridized carbons (Fsp3) is 0. The molecule has 0 unspecified atom stereocenters. The Bertz CT molecular complexity index is 915. The van der Waals surface area contributed by atoms with E-state index in [1.54, 1.807) is 24.3 Å². The first-order chi connectivity index (χ1) is 12.3. The maximum atomic E-state index is 9.92. The molecule has 136 valence electrons. The van der Waals surface area contributed by atoms with E-state index in [0.717, 1.165) is 8.95 Å². The molecule has 0 aromatic heterocycles. The van der Waals surface area contributed by atoms with Gasteiger partial charge in [0.15, 0.2) is 0 Å². The van der Waals surface area contributed by atoms with E-state index >= 15 is 0 Å². The third-order valence-corrected chi connectivity index (χ3v) is 4.98. The van der Waals surface area contributed by atoms with Crippen LogP contribution in [0.3, 0.4) is 0 Å². The molecule has 0 radical (unpaired) electrons. The molecule has 7 nitrogen and oxygen atoms in total. The van der Waals surface area contributed by atoms with Gasteiger partial charge < -0.3 is 15.9 Å². The van der Waals surface area contributed by atoms with Crippen LogP contribution in [-0.4, -0.2) is 28.6 Å². The zero-order chi connectivity index (χ0) is 19.3. The summed E-state index contributed by atoms with van der Waals surface area (Å²) < 4.78 is 2.59. The number of rotatable bonds is 4. The van der Waals surface area contributed by atoms with Gasteiger partial charge in [-0.2, -0.15) is 10.2 Å². The zero-order valence-electron chi connectivity index (χ0n) is 12.8.